The molecule has 10 rings (SSSR count). The summed E-state index contributed by atoms with van der Waals surface area (Å²) in [7, 11) is 6.23. The number of carbonyl (C=O) groups excluding carboxylic acids is 1. The lowest BCUT2D eigenvalue weighted by atomic mass is 9.97. The first-order chi connectivity index (χ1) is 35.9. The van der Waals surface area contributed by atoms with Gasteiger partial charge in [0.25, 0.3) is 0 Å². The fourth-order valence-electron chi connectivity index (χ4n) is 11.0. The molecule has 75 heavy (non-hydrogen) atoms. The molecule has 0 unspecified atom stereocenters. The normalized spacial score (nSPS) is 19.3. The SMILES string of the molecule is COc1ccc(CN(Cc2ccc(OC)cc2OC)c2ccc3c(F)cc(F)c(-c4c(Cl)cc5c(N6C[C@H]7CC[C@@](C)(C6)N7C(=O)OC(C)(C)C)nc(OCC6(CN7CCOCC7)CC6)nc5c4F)c3n2)c(OC)c1. The molecule has 2 atom stereocenters. The van der Waals surface area contributed by atoms with Crippen molar-refractivity contribution < 1.29 is 51.1 Å². The number of anilines is 2. The topological polar surface area (TPSA) is 133 Å². The first kappa shape index (κ1) is 52.0. The number of piperazine rings is 1. The van der Waals surface area contributed by atoms with Crippen molar-refractivity contribution in [3.8, 4) is 40.1 Å². The molecular weight excluding hydrogens is 991 g/mol. The summed E-state index contributed by atoms with van der Waals surface area (Å²) in [5.74, 6) is -0.0736. The Kier molecular flexibility index (Phi) is 14.2. The van der Waals surface area contributed by atoms with Gasteiger partial charge < -0.3 is 43.0 Å². The van der Waals surface area contributed by atoms with Crippen LogP contribution in [0.25, 0.3) is 32.9 Å². The van der Waals surface area contributed by atoms with E-state index < -0.39 is 34.7 Å². The fraction of sp³-hybridized carbons (Fsp3) is 0.464. The average Bonchev–Trinajstić information content (AvgIpc) is 4.12. The van der Waals surface area contributed by atoms with Crippen molar-refractivity contribution in [3.05, 3.63) is 94.3 Å². The van der Waals surface area contributed by atoms with E-state index in [4.69, 9.17) is 59.7 Å². The van der Waals surface area contributed by atoms with E-state index in [-0.39, 0.29) is 75.1 Å². The number of amides is 1. The number of halogens is 4. The van der Waals surface area contributed by atoms with Crippen molar-refractivity contribution in [2.24, 2.45) is 5.41 Å². The van der Waals surface area contributed by atoms with Crippen molar-refractivity contribution >= 4 is 51.1 Å². The molecule has 3 aliphatic heterocycles. The van der Waals surface area contributed by atoms with Gasteiger partial charge in [0, 0.05) is 102 Å². The summed E-state index contributed by atoms with van der Waals surface area (Å²) in [6.45, 7) is 12.7. The molecular formula is C56H63ClF3N7O8. The van der Waals surface area contributed by atoms with Crippen LogP contribution < -0.4 is 33.5 Å². The Hall–Kier alpha value is -6.50. The summed E-state index contributed by atoms with van der Waals surface area (Å²) in [5.41, 5.74) is -1.08. The van der Waals surface area contributed by atoms with E-state index in [1.54, 1.807) is 58.8 Å². The molecule has 19 heteroatoms. The second kappa shape index (κ2) is 20.6. The number of hydrogen-bond donors (Lipinski definition) is 0. The van der Waals surface area contributed by atoms with Gasteiger partial charge in [0.15, 0.2) is 5.82 Å². The van der Waals surface area contributed by atoms with Crippen LogP contribution >= 0.6 is 11.6 Å². The summed E-state index contributed by atoms with van der Waals surface area (Å²) in [6, 6.07) is 15.9. The minimum absolute atomic E-state index is 0.0617. The van der Waals surface area contributed by atoms with Gasteiger partial charge in [-0.2, -0.15) is 9.97 Å². The Labute approximate surface area is 439 Å². The zero-order valence-electron chi connectivity index (χ0n) is 43.7. The number of nitrogens with zero attached hydrogens (tertiary/aromatic N) is 7. The largest absolute Gasteiger partial charge is 0.497 e. The maximum atomic E-state index is 18.2. The monoisotopic (exact) mass is 1050 g/mol. The third-order valence-corrected chi connectivity index (χ3v) is 15.2. The van der Waals surface area contributed by atoms with Gasteiger partial charge in [-0.1, -0.05) is 11.6 Å². The number of morpholine rings is 1. The maximum absolute atomic E-state index is 18.2. The van der Waals surface area contributed by atoms with Crippen LogP contribution in [0.5, 0.6) is 29.0 Å². The van der Waals surface area contributed by atoms with E-state index in [0.717, 1.165) is 43.6 Å². The molecule has 4 aromatic carbocycles. The zero-order chi connectivity index (χ0) is 53.0. The molecule has 398 valence electrons. The molecule has 3 saturated heterocycles. The van der Waals surface area contributed by atoms with E-state index in [1.807, 2.05) is 54.5 Å². The quantitative estimate of drug-likeness (QED) is 0.0910. The van der Waals surface area contributed by atoms with Crippen LogP contribution in [0.1, 0.15) is 64.5 Å². The number of pyridine rings is 1. The first-order valence-corrected chi connectivity index (χ1v) is 25.7. The van der Waals surface area contributed by atoms with Crippen LogP contribution in [0.15, 0.2) is 60.7 Å². The fourth-order valence-corrected chi connectivity index (χ4v) is 11.2. The van der Waals surface area contributed by atoms with Crippen molar-refractivity contribution in [3.63, 3.8) is 0 Å². The highest BCUT2D eigenvalue weighted by Gasteiger charge is 2.53. The molecule has 4 fully saturated rings. The van der Waals surface area contributed by atoms with Gasteiger partial charge in [-0.15, -0.1) is 0 Å². The van der Waals surface area contributed by atoms with Crippen LogP contribution in [-0.2, 0) is 22.6 Å². The third kappa shape index (κ3) is 10.4. The maximum Gasteiger partial charge on any atom is 0.411 e. The van der Waals surface area contributed by atoms with Crippen molar-refractivity contribution in [2.45, 2.75) is 83.6 Å². The van der Waals surface area contributed by atoms with Crippen molar-refractivity contribution in [1.29, 1.82) is 0 Å². The number of benzene rings is 4. The van der Waals surface area contributed by atoms with Crippen LogP contribution in [0.4, 0.5) is 29.6 Å². The van der Waals surface area contributed by atoms with Crippen molar-refractivity contribution in [2.75, 3.05) is 90.8 Å². The molecule has 6 aromatic rings. The minimum Gasteiger partial charge on any atom is -0.497 e. The van der Waals surface area contributed by atoms with Gasteiger partial charge in [0.05, 0.1) is 70.4 Å². The van der Waals surface area contributed by atoms with E-state index in [9.17, 15) is 4.79 Å². The molecule has 0 radical (unpaired) electrons. The summed E-state index contributed by atoms with van der Waals surface area (Å²) in [4.78, 5) is 36.5. The first-order valence-electron chi connectivity index (χ1n) is 25.3. The van der Waals surface area contributed by atoms with Gasteiger partial charge in [-0.3, -0.25) is 9.80 Å². The zero-order valence-corrected chi connectivity index (χ0v) is 44.4. The van der Waals surface area contributed by atoms with Gasteiger partial charge >= 0.3 is 12.1 Å². The van der Waals surface area contributed by atoms with Gasteiger partial charge in [0.2, 0.25) is 0 Å². The second-order valence-electron chi connectivity index (χ2n) is 21.4. The number of ether oxygens (including phenoxy) is 7. The number of aromatic nitrogens is 3. The van der Waals surface area contributed by atoms with Crippen LogP contribution in [0.3, 0.4) is 0 Å². The minimum atomic E-state index is -1.09. The number of hydrogen-bond acceptors (Lipinski definition) is 14. The predicted molar refractivity (Wildman–Crippen MR) is 280 cm³/mol. The lowest BCUT2D eigenvalue weighted by molar-refractivity contribution is -0.00281. The Morgan fingerprint density at radius 2 is 1.47 bits per heavy atom. The third-order valence-electron chi connectivity index (χ3n) is 14.9. The van der Waals surface area contributed by atoms with Crippen molar-refractivity contribution in [1.82, 2.24) is 24.8 Å². The molecule has 2 bridgehead atoms. The summed E-state index contributed by atoms with van der Waals surface area (Å²) >= 11 is 7.21. The molecule has 15 nitrogen and oxygen atoms in total. The highest BCUT2D eigenvalue weighted by Crippen LogP contribution is 2.49. The van der Waals surface area contributed by atoms with Gasteiger partial charge in [-0.05, 0) is 95.8 Å². The lowest BCUT2D eigenvalue weighted by Gasteiger charge is -2.47. The molecule has 5 heterocycles. The summed E-state index contributed by atoms with van der Waals surface area (Å²) in [6.07, 6.45) is 2.90. The number of methoxy groups -OCH3 is 4. The molecule has 1 aliphatic carbocycles. The summed E-state index contributed by atoms with van der Waals surface area (Å²) in [5, 5.41) is 0.0123. The van der Waals surface area contributed by atoms with E-state index >= 15 is 13.2 Å². The van der Waals surface area contributed by atoms with Crippen LogP contribution in [0, 0.1) is 22.9 Å². The van der Waals surface area contributed by atoms with Gasteiger partial charge in [0.1, 0.15) is 57.4 Å². The second-order valence-corrected chi connectivity index (χ2v) is 21.8. The van der Waals surface area contributed by atoms with E-state index in [1.165, 1.54) is 12.1 Å². The number of fused-ring (bicyclic) bond motifs is 4. The van der Waals surface area contributed by atoms with Gasteiger partial charge in [-0.25, -0.2) is 22.9 Å². The molecule has 1 amide bonds. The van der Waals surface area contributed by atoms with Crippen LogP contribution in [0.2, 0.25) is 5.02 Å². The average molecular weight is 1050 g/mol. The lowest BCUT2D eigenvalue weighted by Crippen LogP contribution is -2.63. The molecule has 2 aromatic heterocycles. The Morgan fingerprint density at radius 1 is 0.800 bits per heavy atom. The summed E-state index contributed by atoms with van der Waals surface area (Å²) < 4.78 is 91.7. The van der Waals surface area contributed by atoms with E-state index in [0.29, 0.717) is 79.8 Å². The highest BCUT2D eigenvalue weighted by molar-refractivity contribution is 6.35. The Balaban J connectivity index is 1.09. The molecule has 0 N–H and O–H groups in total. The predicted octanol–water partition coefficient (Wildman–Crippen LogP) is 10.6. The Bertz CT molecular complexity index is 3100. The smallest absolute Gasteiger partial charge is 0.411 e. The molecule has 1 saturated carbocycles. The standard InChI is InChI=1S/C56H63ClF3N7O8/c1-54(2,3)75-53(68)67-35-15-16-55(67,4)30-66(29-35)51-39-25-40(57)46(48(60)50(39)62-52(63-51)74-32-56(17-18-56)31-64-19-21-73-22-20-64)47-42(59)26-41(58)38-13-14-45(61-49(38)47)65(27-33-9-11-36(69-5)23-43(33)71-7)28-34-10-12-37(70-6)24-44(34)72-8/h9-14,23-26,35H,15-22,27-32H2,1-8H3/t35-,55+/m1/s1. The van der Waals surface area contributed by atoms with Crippen LogP contribution in [-0.4, -0.2) is 129 Å². The Morgan fingerprint density at radius 3 is 2.07 bits per heavy atom. The number of carbonyl (C=O) groups is 1. The molecule has 4 aliphatic rings. The van der Waals surface area contributed by atoms with E-state index in [2.05, 4.69) is 4.90 Å². The highest BCUT2D eigenvalue weighted by atomic mass is 35.5. The number of rotatable bonds is 16. The molecule has 0 spiro atoms.